The first-order valence-electron chi connectivity index (χ1n) is 5.09. The highest BCUT2D eigenvalue weighted by Crippen LogP contribution is 2.18. The molecule has 6 nitrogen and oxygen atoms in total. The number of carbonyl (C=O) groups is 1. The number of methoxy groups -OCH3 is 1. The fraction of sp³-hybridized carbons (Fsp3) is 0.0833. The third-order valence-electron chi connectivity index (χ3n) is 2.40. The molecule has 0 bridgehead atoms. The zero-order valence-electron chi connectivity index (χ0n) is 9.51. The maximum atomic E-state index is 11.5. The number of benzene rings is 1. The maximum absolute atomic E-state index is 11.5. The van der Waals surface area contributed by atoms with Gasteiger partial charge in [0.2, 0.25) is 11.1 Å². The lowest BCUT2D eigenvalue weighted by Crippen LogP contribution is -2.17. The van der Waals surface area contributed by atoms with E-state index in [1.54, 1.807) is 31.4 Å². The first-order chi connectivity index (χ1) is 8.61. The SMILES string of the molecule is COc1ccc(-c2cc(=O)c(C(=O)O)n[nH]2)cc1. The van der Waals surface area contributed by atoms with Gasteiger partial charge in [-0.2, -0.15) is 5.10 Å². The van der Waals surface area contributed by atoms with E-state index in [0.717, 1.165) is 5.56 Å². The monoisotopic (exact) mass is 246 g/mol. The number of nitrogens with zero attached hydrogens (tertiary/aromatic N) is 1. The first kappa shape index (κ1) is 11.8. The van der Waals surface area contributed by atoms with Gasteiger partial charge in [-0.05, 0) is 29.8 Å². The lowest BCUT2D eigenvalue weighted by atomic mass is 10.1. The average Bonchev–Trinajstić information content (AvgIpc) is 2.38. The summed E-state index contributed by atoms with van der Waals surface area (Å²) in [5, 5.41) is 14.8. The number of hydrogen-bond donors (Lipinski definition) is 2. The predicted octanol–water partition coefficient (Wildman–Crippen LogP) is 1.14. The largest absolute Gasteiger partial charge is 0.497 e. The number of carboxylic acid groups (broad SMARTS) is 1. The third-order valence-corrected chi connectivity index (χ3v) is 2.40. The highest BCUT2D eigenvalue weighted by Gasteiger charge is 2.11. The summed E-state index contributed by atoms with van der Waals surface area (Å²) < 4.78 is 5.01. The Kier molecular flexibility index (Phi) is 3.09. The number of aromatic amines is 1. The van der Waals surface area contributed by atoms with Crippen molar-refractivity contribution in [1.29, 1.82) is 0 Å². The van der Waals surface area contributed by atoms with Crippen LogP contribution < -0.4 is 10.2 Å². The summed E-state index contributed by atoms with van der Waals surface area (Å²) in [7, 11) is 1.56. The van der Waals surface area contributed by atoms with Crippen LogP contribution in [-0.4, -0.2) is 28.4 Å². The zero-order valence-corrected chi connectivity index (χ0v) is 9.51. The molecule has 18 heavy (non-hydrogen) atoms. The Morgan fingerprint density at radius 2 is 2.00 bits per heavy atom. The van der Waals surface area contributed by atoms with Crippen molar-refractivity contribution < 1.29 is 14.6 Å². The number of hydrogen-bond acceptors (Lipinski definition) is 4. The molecule has 0 amide bonds. The summed E-state index contributed by atoms with van der Waals surface area (Å²) >= 11 is 0. The average molecular weight is 246 g/mol. The van der Waals surface area contributed by atoms with Crippen LogP contribution in [-0.2, 0) is 0 Å². The minimum absolute atomic E-state index is 0.452. The molecule has 2 aromatic rings. The molecule has 0 aliphatic heterocycles. The van der Waals surface area contributed by atoms with Crippen LogP contribution in [0.15, 0.2) is 35.1 Å². The maximum Gasteiger partial charge on any atom is 0.360 e. The fourth-order valence-electron chi connectivity index (χ4n) is 1.47. The summed E-state index contributed by atoms with van der Waals surface area (Å²) in [5.41, 5.74) is 0.0179. The van der Waals surface area contributed by atoms with E-state index in [2.05, 4.69) is 10.2 Å². The van der Waals surface area contributed by atoms with Crippen LogP contribution >= 0.6 is 0 Å². The Labute approximate surface area is 102 Å². The van der Waals surface area contributed by atoms with Crippen molar-refractivity contribution in [3.63, 3.8) is 0 Å². The second-order valence-electron chi connectivity index (χ2n) is 3.53. The minimum atomic E-state index is -1.35. The molecule has 2 rings (SSSR count). The Morgan fingerprint density at radius 1 is 1.33 bits per heavy atom. The van der Waals surface area contributed by atoms with Crippen LogP contribution in [0.2, 0.25) is 0 Å². The van der Waals surface area contributed by atoms with Gasteiger partial charge in [-0.25, -0.2) is 4.79 Å². The van der Waals surface area contributed by atoms with E-state index in [1.165, 1.54) is 6.07 Å². The molecule has 2 N–H and O–H groups in total. The van der Waals surface area contributed by atoms with Crippen molar-refractivity contribution in [3.05, 3.63) is 46.2 Å². The Morgan fingerprint density at radius 3 is 2.50 bits per heavy atom. The van der Waals surface area contributed by atoms with Crippen LogP contribution in [0.4, 0.5) is 0 Å². The van der Waals surface area contributed by atoms with Gasteiger partial charge in [0.25, 0.3) is 0 Å². The molecule has 1 aromatic heterocycles. The molecule has 1 heterocycles. The standard InChI is InChI=1S/C12H10N2O4/c1-18-8-4-2-7(3-5-8)9-6-10(15)11(12(16)17)14-13-9/h2-6H,1H3,(H,13,15)(H,16,17). The predicted molar refractivity (Wildman–Crippen MR) is 63.8 cm³/mol. The van der Waals surface area contributed by atoms with Gasteiger partial charge in [-0.3, -0.25) is 9.89 Å². The Hall–Kier alpha value is -2.63. The van der Waals surface area contributed by atoms with E-state index >= 15 is 0 Å². The molecule has 0 fully saturated rings. The van der Waals surface area contributed by atoms with Crippen LogP contribution in [0, 0.1) is 0 Å². The highest BCUT2D eigenvalue weighted by molar-refractivity contribution is 5.85. The topological polar surface area (TPSA) is 92.3 Å². The molecule has 0 atom stereocenters. The lowest BCUT2D eigenvalue weighted by molar-refractivity contribution is 0.0687. The third kappa shape index (κ3) is 2.22. The Bertz CT molecular complexity index is 631. The highest BCUT2D eigenvalue weighted by atomic mass is 16.5. The summed E-state index contributed by atoms with van der Waals surface area (Å²) in [6.45, 7) is 0. The minimum Gasteiger partial charge on any atom is -0.497 e. The lowest BCUT2D eigenvalue weighted by Gasteiger charge is -2.03. The van der Waals surface area contributed by atoms with E-state index in [0.29, 0.717) is 11.4 Å². The summed E-state index contributed by atoms with van der Waals surface area (Å²) in [6.07, 6.45) is 0. The van der Waals surface area contributed by atoms with Gasteiger partial charge < -0.3 is 9.84 Å². The molecule has 0 saturated heterocycles. The van der Waals surface area contributed by atoms with Gasteiger partial charge in [0.15, 0.2) is 0 Å². The van der Waals surface area contributed by atoms with Gasteiger partial charge in [-0.15, -0.1) is 0 Å². The summed E-state index contributed by atoms with van der Waals surface area (Å²) in [6, 6.07) is 8.16. The van der Waals surface area contributed by atoms with Gasteiger partial charge >= 0.3 is 5.97 Å². The molecule has 0 spiro atoms. The van der Waals surface area contributed by atoms with E-state index in [1.807, 2.05) is 0 Å². The quantitative estimate of drug-likeness (QED) is 0.847. The van der Waals surface area contributed by atoms with Gasteiger partial charge in [-0.1, -0.05) is 0 Å². The van der Waals surface area contributed by atoms with Crippen LogP contribution in [0.5, 0.6) is 5.75 Å². The molecular weight excluding hydrogens is 236 g/mol. The van der Waals surface area contributed by atoms with E-state index in [-0.39, 0.29) is 0 Å². The molecule has 1 aromatic carbocycles. The van der Waals surface area contributed by atoms with Crippen molar-refractivity contribution in [2.24, 2.45) is 0 Å². The number of aromatic nitrogens is 2. The second-order valence-corrected chi connectivity index (χ2v) is 3.53. The number of aromatic carboxylic acids is 1. The molecule has 0 aliphatic carbocycles. The smallest absolute Gasteiger partial charge is 0.360 e. The van der Waals surface area contributed by atoms with Crippen molar-refractivity contribution in [3.8, 4) is 17.0 Å². The van der Waals surface area contributed by atoms with Gasteiger partial charge in [0.05, 0.1) is 12.8 Å². The zero-order chi connectivity index (χ0) is 13.1. The van der Waals surface area contributed by atoms with Gasteiger partial charge in [0, 0.05) is 6.07 Å². The number of ether oxygens (including phenoxy) is 1. The molecule has 0 aliphatic rings. The van der Waals surface area contributed by atoms with Crippen molar-refractivity contribution in [2.45, 2.75) is 0 Å². The Balaban J connectivity index is 2.42. The molecule has 0 saturated carbocycles. The van der Waals surface area contributed by atoms with Crippen LogP contribution in [0.1, 0.15) is 10.5 Å². The van der Waals surface area contributed by atoms with E-state index in [9.17, 15) is 9.59 Å². The number of rotatable bonds is 3. The molecule has 92 valence electrons. The summed E-state index contributed by atoms with van der Waals surface area (Å²) in [5.74, 6) is -0.659. The number of H-pyrrole nitrogens is 1. The summed E-state index contributed by atoms with van der Waals surface area (Å²) in [4.78, 5) is 22.1. The molecular formula is C12H10N2O4. The molecule has 0 radical (unpaired) electrons. The van der Waals surface area contributed by atoms with E-state index in [4.69, 9.17) is 9.84 Å². The first-order valence-corrected chi connectivity index (χ1v) is 5.09. The van der Waals surface area contributed by atoms with Crippen LogP contribution in [0.3, 0.4) is 0 Å². The fourth-order valence-corrected chi connectivity index (χ4v) is 1.47. The second kappa shape index (κ2) is 4.70. The molecule has 0 unspecified atom stereocenters. The van der Waals surface area contributed by atoms with E-state index < -0.39 is 17.1 Å². The van der Waals surface area contributed by atoms with Crippen molar-refractivity contribution >= 4 is 5.97 Å². The number of carboxylic acids is 1. The normalized spacial score (nSPS) is 10.1. The molecule has 6 heteroatoms. The van der Waals surface area contributed by atoms with Crippen molar-refractivity contribution in [1.82, 2.24) is 10.2 Å². The van der Waals surface area contributed by atoms with Gasteiger partial charge in [0.1, 0.15) is 5.75 Å². The van der Waals surface area contributed by atoms with Crippen LogP contribution in [0.25, 0.3) is 11.3 Å². The van der Waals surface area contributed by atoms with Crippen molar-refractivity contribution in [2.75, 3.05) is 7.11 Å². The number of nitrogens with one attached hydrogen (secondary N) is 1.